The fraction of sp³-hybridized carbons (Fsp3) is 0.875. The third-order valence-electron chi connectivity index (χ3n) is 3.84. The SMILES string of the molecule is CC(C)(CCCCOCCCCC(C)(C)C(=O)O)C(=O)O.[CaH2]. The van der Waals surface area contributed by atoms with Crippen molar-refractivity contribution in [2.45, 2.75) is 66.2 Å². The number of hydrogen-bond acceptors (Lipinski definition) is 3. The van der Waals surface area contributed by atoms with Crippen molar-refractivity contribution < 1.29 is 24.5 Å². The van der Waals surface area contributed by atoms with E-state index in [9.17, 15) is 9.59 Å². The summed E-state index contributed by atoms with van der Waals surface area (Å²) in [6, 6.07) is 0. The van der Waals surface area contributed by atoms with Gasteiger partial charge >= 0.3 is 49.7 Å². The van der Waals surface area contributed by atoms with E-state index in [1.165, 1.54) is 0 Å². The van der Waals surface area contributed by atoms with Crippen LogP contribution in [0.3, 0.4) is 0 Å². The predicted octanol–water partition coefficient (Wildman–Crippen LogP) is 2.65. The molecule has 0 atom stereocenters. The van der Waals surface area contributed by atoms with E-state index in [1.807, 2.05) is 0 Å². The Morgan fingerprint density at radius 3 is 1.36 bits per heavy atom. The van der Waals surface area contributed by atoms with Crippen LogP contribution >= 0.6 is 0 Å². The van der Waals surface area contributed by atoms with Gasteiger partial charge in [0, 0.05) is 13.2 Å². The van der Waals surface area contributed by atoms with Crippen molar-refractivity contribution >= 4 is 49.7 Å². The van der Waals surface area contributed by atoms with E-state index >= 15 is 0 Å². The minimum atomic E-state index is -0.760. The molecule has 0 spiro atoms. The summed E-state index contributed by atoms with van der Waals surface area (Å²) in [7, 11) is 0. The molecule has 0 fully saturated rings. The Kier molecular flexibility index (Phi) is 12.9. The zero-order valence-corrected chi connectivity index (χ0v) is 13.8. The topological polar surface area (TPSA) is 83.8 Å². The molecule has 0 aromatic carbocycles. The second kappa shape index (κ2) is 11.7. The molecule has 0 heterocycles. The molecule has 0 saturated heterocycles. The van der Waals surface area contributed by atoms with Crippen LogP contribution in [0.25, 0.3) is 0 Å². The van der Waals surface area contributed by atoms with E-state index in [1.54, 1.807) is 27.7 Å². The van der Waals surface area contributed by atoms with Gasteiger partial charge in [0.15, 0.2) is 0 Å². The molecule has 2 N–H and O–H groups in total. The van der Waals surface area contributed by atoms with Crippen molar-refractivity contribution in [3.63, 3.8) is 0 Å². The van der Waals surface area contributed by atoms with E-state index < -0.39 is 22.8 Å². The van der Waals surface area contributed by atoms with Gasteiger partial charge < -0.3 is 14.9 Å². The van der Waals surface area contributed by atoms with Crippen LogP contribution in [0, 0.1) is 10.8 Å². The molecular weight excluding hydrogens is 312 g/mol. The summed E-state index contributed by atoms with van der Waals surface area (Å²) >= 11 is 0. The number of carboxylic acid groups (broad SMARTS) is 2. The average molecular weight is 345 g/mol. The predicted molar refractivity (Wildman–Crippen MR) is 89.9 cm³/mol. The van der Waals surface area contributed by atoms with Crippen molar-refractivity contribution in [2.75, 3.05) is 13.2 Å². The monoisotopic (exact) mass is 344 g/mol. The summed E-state index contributed by atoms with van der Waals surface area (Å²) in [6.45, 7) is 8.22. The Balaban J connectivity index is 0. The van der Waals surface area contributed by atoms with E-state index in [4.69, 9.17) is 14.9 Å². The van der Waals surface area contributed by atoms with Crippen LogP contribution in [0.5, 0.6) is 0 Å². The molecule has 0 radical (unpaired) electrons. The normalized spacial score (nSPS) is 11.8. The summed E-state index contributed by atoms with van der Waals surface area (Å²) in [6.07, 6.45) is 4.70. The first-order valence-corrected chi connectivity index (χ1v) is 7.64. The van der Waals surface area contributed by atoms with E-state index in [0.29, 0.717) is 26.1 Å². The summed E-state index contributed by atoms with van der Waals surface area (Å²) in [5.74, 6) is -1.52. The molecule has 5 nitrogen and oxygen atoms in total. The number of rotatable bonds is 12. The zero-order valence-electron chi connectivity index (χ0n) is 13.8. The van der Waals surface area contributed by atoms with Crippen LogP contribution in [-0.2, 0) is 14.3 Å². The molecule has 0 bridgehead atoms. The summed E-state index contributed by atoms with van der Waals surface area (Å²) in [5.41, 5.74) is -1.33. The average Bonchev–Trinajstić information content (AvgIpc) is 2.36. The van der Waals surface area contributed by atoms with Crippen molar-refractivity contribution in [1.82, 2.24) is 0 Å². The molecular formula is C16H32CaO5. The number of ether oxygens (including phenoxy) is 1. The summed E-state index contributed by atoms with van der Waals surface area (Å²) < 4.78 is 5.49. The Morgan fingerprint density at radius 1 is 0.773 bits per heavy atom. The first-order valence-electron chi connectivity index (χ1n) is 7.64. The van der Waals surface area contributed by atoms with Crippen molar-refractivity contribution in [1.29, 1.82) is 0 Å². The maximum absolute atomic E-state index is 10.9. The number of aliphatic carboxylic acids is 2. The summed E-state index contributed by atoms with van der Waals surface area (Å²) in [4.78, 5) is 21.8. The van der Waals surface area contributed by atoms with Gasteiger partial charge in [0.05, 0.1) is 10.8 Å². The van der Waals surface area contributed by atoms with Gasteiger partial charge in [-0.15, -0.1) is 0 Å². The number of carbonyl (C=O) groups is 2. The third kappa shape index (κ3) is 10.8. The molecule has 0 aliphatic heterocycles. The first kappa shape index (κ1) is 24.4. The van der Waals surface area contributed by atoms with E-state index in [2.05, 4.69) is 0 Å². The number of hydrogen-bond donors (Lipinski definition) is 2. The van der Waals surface area contributed by atoms with Crippen molar-refractivity contribution in [3.8, 4) is 0 Å². The van der Waals surface area contributed by atoms with Crippen LogP contribution in [0.2, 0.25) is 0 Å². The van der Waals surface area contributed by atoms with Crippen LogP contribution < -0.4 is 0 Å². The Hall–Kier alpha value is 0.160. The van der Waals surface area contributed by atoms with E-state index in [0.717, 1.165) is 25.7 Å². The van der Waals surface area contributed by atoms with Gasteiger partial charge in [-0.05, 0) is 53.4 Å². The maximum atomic E-state index is 10.9. The molecule has 0 amide bonds. The molecule has 0 aliphatic rings. The zero-order chi connectivity index (χ0) is 16.5. The fourth-order valence-electron chi connectivity index (χ4n) is 1.86. The molecule has 128 valence electrons. The van der Waals surface area contributed by atoms with Crippen LogP contribution in [-0.4, -0.2) is 73.1 Å². The van der Waals surface area contributed by atoms with Crippen LogP contribution in [0.4, 0.5) is 0 Å². The van der Waals surface area contributed by atoms with Crippen LogP contribution in [0.1, 0.15) is 66.2 Å². The Bertz CT molecular complexity index is 307. The third-order valence-corrected chi connectivity index (χ3v) is 3.84. The molecule has 0 aliphatic carbocycles. The van der Waals surface area contributed by atoms with Gasteiger partial charge in [0.2, 0.25) is 0 Å². The van der Waals surface area contributed by atoms with Crippen LogP contribution in [0.15, 0.2) is 0 Å². The molecule has 0 aromatic heterocycles. The molecule has 0 unspecified atom stereocenters. The standard InChI is InChI=1S/C16H30O5.Ca.2H/c1-15(2,13(17)18)9-5-7-11-21-12-8-6-10-16(3,4)14(19)20;;;/h5-12H2,1-4H3,(H,17,18)(H,19,20);;;. The second-order valence-corrected chi connectivity index (χ2v) is 6.90. The van der Waals surface area contributed by atoms with Gasteiger partial charge in [0.25, 0.3) is 0 Å². The Labute approximate surface area is 163 Å². The second-order valence-electron chi connectivity index (χ2n) is 6.90. The fourth-order valence-corrected chi connectivity index (χ4v) is 1.86. The van der Waals surface area contributed by atoms with Gasteiger partial charge in [-0.25, -0.2) is 0 Å². The van der Waals surface area contributed by atoms with Crippen molar-refractivity contribution in [2.24, 2.45) is 10.8 Å². The molecule has 0 aromatic rings. The minimum absolute atomic E-state index is 0. The molecule has 6 heteroatoms. The van der Waals surface area contributed by atoms with Gasteiger partial charge in [-0.2, -0.15) is 0 Å². The molecule has 0 saturated carbocycles. The van der Waals surface area contributed by atoms with Gasteiger partial charge in [-0.3, -0.25) is 9.59 Å². The number of unbranched alkanes of at least 4 members (excludes halogenated alkanes) is 2. The summed E-state index contributed by atoms with van der Waals surface area (Å²) in [5, 5.41) is 17.9. The van der Waals surface area contributed by atoms with Gasteiger partial charge in [0.1, 0.15) is 0 Å². The first-order chi connectivity index (χ1) is 9.59. The van der Waals surface area contributed by atoms with E-state index in [-0.39, 0.29) is 37.7 Å². The van der Waals surface area contributed by atoms with Gasteiger partial charge in [-0.1, -0.05) is 12.8 Å². The van der Waals surface area contributed by atoms with Crippen molar-refractivity contribution in [3.05, 3.63) is 0 Å². The molecule has 22 heavy (non-hydrogen) atoms. The Morgan fingerprint density at radius 2 is 1.09 bits per heavy atom. The number of carboxylic acids is 2. The molecule has 0 rings (SSSR count). The quantitative estimate of drug-likeness (QED) is 0.420.